The quantitative estimate of drug-likeness (QED) is 0.841. The summed E-state index contributed by atoms with van der Waals surface area (Å²) in [5, 5.41) is 0. The number of carbonyl (C=O) groups is 1. The molecule has 0 radical (unpaired) electrons. The SMILES string of the molecule is COc1c(C)c(C)c(Br)c(C)c1C(=O)CC(C)CN. The summed E-state index contributed by atoms with van der Waals surface area (Å²) in [6.45, 7) is 8.43. The Kier molecular flexibility index (Phi) is 5.56. The fourth-order valence-corrected chi connectivity index (χ4v) is 2.67. The number of rotatable bonds is 5. The lowest BCUT2D eigenvalue weighted by Crippen LogP contribution is -2.17. The van der Waals surface area contributed by atoms with Crippen molar-refractivity contribution in [3.8, 4) is 5.75 Å². The van der Waals surface area contributed by atoms with Crippen molar-refractivity contribution in [2.45, 2.75) is 34.1 Å². The van der Waals surface area contributed by atoms with Crippen LogP contribution in [0.2, 0.25) is 0 Å². The van der Waals surface area contributed by atoms with Gasteiger partial charge in [0.1, 0.15) is 5.75 Å². The van der Waals surface area contributed by atoms with Crippen LogP contribution in [0.15, 0.2) is 4.47 Å². The normalized spacial score (nSPS) is 12.4. The number of methoxy groups -OCH3 is 1. The third-order valence-corrected chi connectivity index (χ3v) is 4.77. The minimum Gasteiger partial charge on any atom is -0.496 e. The van der Waals surface area contributed by atoms with E-state index in [1.807, 2.05) is 27.7 Å². The maximum absolute atomic E-state index is 12.5. The van der Waals surface area contributed by atoms with Crippen molar-refractivity contribution in [2.24, 2.45) is 11.7 Å². The highest BCUT2D eigenvalue weighted by Crippen LogP contribution is 2.36. The molecule has 0 aliphatic rings. The fourth-order valence-electron chi connectivity index (χ4n) is 2.18. The molecular formula is C15H22BrNO2. The molecule has 106 valence electrons. The van der Waals surface area contributed by atoms with Crippen LogP contribution in [-0.2, 0) is 0 Å². The smallest absolute Gasteiger partial charge is 0.167 e. The average Bonchev–Trinajstić information content (AvgIpc) is 2.39. The van der Waals surface area contributed by atoms with E-state index in [9.17, 15) is 4.79 Å². The summed E-state index contributed by atoms with van der Waals surface area (Å²) in [7, 11) is 1.61. The molecule has 0 fully saturated rings. The van der Waals surface area contributed by atoms with E-state index in [0.29, 0.717) is 24.3 Å². The van der Waals surface area contributed by atoms with Gasteiger partial charge in [0.05, 0.1) is 12.7 Å². The van der Waals surface area contributed by atoms with Gasteiger partial charge in [0.25, 0.3) is 0 Å². The first kappa shape index (κ1) is 16.2. The van der Waals surface area contributed by atoms with Crippen LogP contribution in [0.25, 0.3) is 0 Å². The monoisotopic (exact) mass is 327 g/mol. The van der Waals surface area contributed by atoms with Crippen molar-refractivity contribution in [2.75, 3.05) is 13.7 Å². The molecule has 0 saturated heterocycles. The van der Waals surface area contributed by atoms with Gasteiger partial charge < -0.3 is 10.5 Å². The molecule has 1 unspecified atom stereocenters. The lowest BCUT2D eigenvalue weighted by molar-refractivity contribution is 0.0962. The van der Waals surface area contributed by atoms with E-state index in [2.05, 4.69) is 15.9 Å². The van der Waals surface area contributed by atoms with Crippen LogP contribution >= 0.6 is 15.9 Å². The maximum atomic E-state index is 12.5. The van der Waals surface area contributed by atoms with E-state index in [1.54, 1.807) is 7.11 Å². The third kappa shape index (κ3) is 3.18. The second kappa shape index (κ2) is 6.53. The summed E-state index contributed by atoms with van der Waals surface area (Å²) < 4.78 is 6.44. The maximum Gasteiger partial charge on any atom is 0.167 e. The Labute approximate surface area is 123 Å². The Hall–Kier alpha value is -0.870. The van der Waals surface area contributed by atoms with Crippen LogP contribution in [0.1, 0.15) is 40.4 Å². The highest BCUT2D eigenvalue weighted by Gasteiger charge is 2.22. The Morgan fingerprint density at radius 3 is 2.32 bits per heavy atom. The van der Waals surface area contributed by atoms with E-state index < -0.39 is 0 Å². The zero-order chi connectivity index (χ0) is 14.7. The number of ketones is 1. The molecule has 4 heteroatoms. The van der Waals surface area contributed by atoms with Crippen LogP contribution in [0.5, 0.6) is 5.75 Å². The van der Waals surface area contributed by atoms with Crippen molar-refractivity contribution in [1.82, 2.24) is 0 Å². The van der Waals surface area contributed by atoms with Gasteiger partial charge in [-0.25, -0.2) is 0 Å². The molecule has 0 saturated carbocycles. The van der Waals surface area contributed by atoms with E-state index >= 15 is 0 Å². The van der Waals surface area contributed by atoms with Crippen molar-refractivity contribution in [1.29, 1.82) is 0 Å². The van der Waals surface area contributed by atoms with Gasteiger partial charge in [-0.15, -0.1) is 0 Å². The van der Waals surface area contributed by atoms with Crippen LogP contribution in [0.4, 0.5) is 0 Å². The number of Topliss-reactive ketones (excluding diaryl/α,β-unsaturated/α-hetero) is 1. The molecule has 1 rings (SSSR count). The number of nitrogens with two attached hydrogens (primary N) is 1. The van der Waals surface area contributed by atoms with Crippen LogP contribution in [-0.4, -0.2) is 19.4 Å². The number of halogens is 1. The van der Waals surface area contributed by atoms with Crippen molar-refractivity contribution in [3.05, 3.63) is 26.7 Å². The first-order valence-electron chi connectivity index (χ1n) is 6.41. The predicted octanol–water partition coefficient (Wildman–Crippen LogP) is 3.55. The molecule has 1 atom stereocenters. The predicted molar refractivity (Wildman–Crippen MR) is 82.1 cm³/mol. The zero-order valence-corrected chi connectivity index (χ0v) is 13.8. The van der Waals surface area contributed by atoms with Gasteiger partial charge in [-0.3, -0.25) is 4.79 Å². The molecule has 3 nitrogen and oxygen atoms in total. The van der Waals surface area contributed by atoms with Gasteiger partial charge >= 0.3 is 0 Å². The second-order valence-electron chi connectivity index (χ2n) is 5.07. The van der Waals surface area contributed by atoms with Crippen LogP contribution < -0.4 is 10.5 Å². The second-order valence-corrected chi connectivity index (χ2v) is 5.86. The van der Waals surface area contributed by atoms with Gasteiger partial charge in [-0.05, 0) is 49.9 Å². The Morgan fingerprint density at radius 2 is 1.84 bits per heavy atom. The summed E-state index contributed by atoms with van der Waals surface area (Å²) in [5.41, 5.74) is 9.33. The summed E-state index contributed by atoms with van der Waals surface area (Å²) >= 11 is 3.56. The Bertz CT molecular complexity index is 498. The minimum atomic E-state index is 0.0936. The lowest BCUT2D eigenvalue weighted by Gasteiger charge is -2.19. The number of hydrogen-bond acceptors (Lipinski definition) is 3. The standard InChI is InChI=1S/C15H22BrNO2/c1-8(7-17)6-12(18)13-11(4)14(16)9(2)10(3)15(13)19-5/h8H,6-7,17H2,1-5H3. The fraction of sp³-hybridized carbons (Fsp3) is 0.533. The van der Waals surface area contributed by atoms with Crippen molar-refractivity contribution < 1.29 is 9.53 Å². The van der Waals surface area contributed by atoms with Crippen LogP contribution in [0.3, 0.4) is 0 Å². The zero-order valence-electron chi connectivity index (χ0n) is 12.3. The summed E-state index contributed by atoms with van der Waals surface area (Å²) in [5.74, 6) is 0.959. The highest BCUT2D eigenvalue weighted by atomic mass is 79.9. The molecule has 1 aromatic carbocycles. The molecule has 0 bridgehead atoms. The number of carbonyl (C=O) groups excluding carboxylic acids is 1. The molecular weight excluding hydrogens is 306 g/mol. The number of hydrogen-bond donors (Lipinski definition) is 1. The van der Waals surface area contributed by atoms with E-state index in [-0.39, 0.29) is 11.7 Å². The largest absolute Gasteiger partial charge is 0.496 e. The first-order valence-corrected chi connectivity index (χ1v) is 7.20. The van der Waals surface area contributed by atoms with E-state index in [1.165, 1.54) is 0 Å². The number of benzene rings is 1. The van der Waals surface area contributed by atoms with Gasteiger partial charge in [-0.2, -0.15) is 0 Å². The van der Waals surface area contributed by atoms with Crippen molar-refractivity contribution in [3.63, 3.8) is 0 Å². The molecule has 1 aromatic rings. The molecule has 0 amide bonds. The Morgan fingerprint density at radius 1 is 1.26 bits per heavy atom. The molecule has 0 aliphatic carbocycles. The van der Waals surface area contributed by atoms with Gasteiger partial charge in [0.15, 0.2) is 5.78 Å². The topological polar surface area (TPSA) is 52.3 Å². The molecule has 0 spiro atoms. The van der Waals surface area contributed by atoms with Crippen molar-refractivity contribution >= 4 is 21.7 Å². The van der Waals surface area contributed by atoms with Gasteiger partial charge in [-0.1, -0.05) is 22.9 Å². The molecule has 0 heterocycles. The van der Waals surface area contributed by atoms with E-state index in [4.69, 9.17) is 10.5 Å². The lowest BCUT2D eigenvalue weighted by atomic mass is 9.92. The Balaban J connectivity index is 3.37. The molecule has 19 heavy (non-hydrogen) atoms. The molecule has 0 aromatic heterocycles. The number of ether oxygens (including phenoxy) is 1. The van der Waals surface area contributed by atoms with Gasteiger partial charge in [0.2, 0.25) is 0 Å². The third-order valence-electron chi connectivity index (χ3n) is 3.58. The summed E-state index contributed by atoms with van der Waals surface area (Å²) in [6.07, 6.45) is 0.447. The minimum absolute atomic E-state index is 0.0936. The molecule has 0 aliphatic heterocycles. The highest BCUT2D eigenvalue weighted by molar-refractivity contribution is 9.10. The summed E-state index contributed by atoms with van der Waals surface area (Å²) in [6, 6.07) is 0. The van der Waals surface area contributed by atoms with Gasteiger partial charge in [0, 0.05) is 10.9 Å². The first-order chi connectivity index (χ1) is 8.84. The van der Waals surface area contributed by atoms with E-state index in [0.717, 1.165) is 21.2 Å². The average molecular weight is 328 g/mol. The summed E-state index contributed by atoms with van der Waals surface area (Å²) in [4.78, 5) is 12.5. The van der Waals surface area contributed by atoms with Crippen LogP contribution in [0, 0.1) is 26.7 Å². The molecule has 2 N–H and O–H groups in total.